The fraction of sp³-hybridized carbons (Fsp3) is 0.350. The summed E-state index contributed by atoms with van der Waals surface area (Å²) in [5.41, 5.74) is 8.11. The van der Waals surface area contributed by atoms with Crippen molar-refractivity contribution in [2.24, 2.45) is 11.7 Å². The van der Waals surface area contributed by atoms with Crippen LogP contribution in [0.4, 0.5) is 5.69 Å². The van der Waals surface area contributed by atoms with E-state index in [1.807, 2.05) is 51.1 Å². The van der Waals surface area contributed by atoms with E-state index in [9.17, 15) is 14.9 Å². The van der Waals surface area contributed by atoms with Crippen molar-refractivity contribution in [2.75, 3.05) is 0 Å². The van der Waals surface area contributed by atoms with Gasteiger partial charge in [-0.25, -0.2) is 0 Å². The zero-order chi connectivity index (χ0) is 19.3. The number of nitrogens with two attached hydrogens (primary N) is 1. The quantitative estimate of drug-likeness (QED) is 0.568. The summed E-state index contributed by atoms with van der Waals surface area (Å²) in [4.78, 5) is 25.1. The minimum absolute atomic E-state index is 0. The van der Waals surface area contributed by atoms with Crippen LogP contribution in [-0.4, -0.2) is 21.8 Å². The third kappa shape index (κ3) is 5.77. The molecule has 0 radical (unpaired) electrons. The Kier molecular flexibility index (Phi) is 8.40. The molecule has 2 atom stereocenters. The molecule has 0 heterocycles. The molecule has 0 bridgehead atoms. The summed E-state index contributed by atoms with van der Waals surface area (Å²) < 4.78 is 0. The van der Waals surface area contributed by atoms with Gasteiger partial charge in [-0.15, -0.1) is 12.4 Å². The summed E-state index contributed by atoms with van der Waals surface area (Å²) in [6.07, 6.45) is 0. The van der Waals surface area contributed by atoms with Gasteiger partial charge in [0.05, 0.1) is 10.8 Å². The molecule has 0 aliphatic carbocycles. The molecular weight excluding hydrogens is 366 g/mol. The lowest BCUT2D eigenvalue weighted by atomic mass is 9.93. The van der Waals surface area contributed by atoms with Crippen molar-refractivity contribution in [3.05, 3.63) is 75.8 Å². The van der Waals surface area contributed by atoms with E-state index in [4.69, 9.17) is 5.73 Å². The van der Waals surface area contributed by atoms with Crippen molar-refractivity contribution >= 4 is 24.0 Å². The van der Waals surface area contributed by atoms with Gasteiger partial charge in [-0.05, 0) is 25.0 Å². The smallest absolute Gasteiger partial charge is 0.269 e. The van der Waals surface area contributed by atoms with E-state index in [0.29, 0.717) is 6.54 Å². The monoisotopic (exact) mass is 391 g/mol. The Morgan fingerprint density at radius 1 is 1.07 bits per heavy atom. The molecule has 6 nitrogen and oxygen atoms in total. The molecular formula is C20H26ClN3O3. The Morgan fingerprint density at radius 3 is 2.11 bits per heavy atom. The number of carbonyl (C=O) groups excluding carboxylic acids is 1. The molecule has 146 valence electrons. The number of nitro benzene ring substituents is 1. The van der Waals surface area contributed by atoms with Crippen molar-refractivity contribution in [1.82, 2.24) is 4.90 Å². The topological polar surface area (TPSA) is 89.5 Å². The van der Waals surface area contributed by atoms with Gasteiger partial charge in [-0.2, -0.15) is 0 Å². The molecule has 0 aliphatic heterocycles. The van der Waals surface area contributed by atoms with Gasteiger partial charge in [0.1, 0.15) is 0 Å². The van der Waals surface area contributed by atoms with Crippen LogP contribution in [0, 0.1) is 16.0 Å². The highest BCUT2D eigenvalue weighted by Gasteiger charge is 2.28. The van der Waals surface area contributed by atoms with E-state index in [1.54, 1.807) is 17.0 Å². The van der Waals surface area contributed by atoms with Crippen molar-refractivity contribution < 1.29 is 9.72 Å². The van der Waals surface area contributed by atoms with Gasteiger partial charge in [0.15, 0.2) is 0 Å². The first-order valence-electron chi connectivity index (χ1n) is 8.65. The van der Waals surface area contributed by atoms with Gasteiger partial charge in [0.25, 0.3) is 5.69 Å². The molecule has 0 spiro atoms. The zero-order valence-electron chi connectivity index (χ0n) is 15.7. The van der Waals surface area contributed by atoms with Gasteiger partial charge < -0.3 is 10.6 Å². The van der Waals surface area contributed by atoms with Gasteiger partial charge >= 0.3 is 0 Å². The second kappa shape index (κ2) is 10.0. The number of hydrogen-bond acceptors (Lipinski definition) is 4. The minimum atomic E-state index is -0.434. The van der Waals surface area contributed by atoms with Crippen LogP contribution < -0.4 is 5.73 Å². The Hall–Kier alpha value is -2.44. The zero-order valence-corrected chi connectivity index (χ0v) is 16.6. The summed E-state index contributed by atoms with van der Waals surface area (Å²) in [6, 6.07) is 15.4. The molecule has 27 heavy (non-hydrogen) atoms. The fourth-order valence-electron chi connectivity index (χ4n) is 2.81. The molecule has 0 fully saturated rings. The molecule has 2 rings (SSSR count). The lowest BCUT2D eigenvalue weighted by molar-refractivity contribution is -0.384. The lowest BCUT2D eigenvalue weighted by Gasteiger charge is -2.31. The maximum Gasteiger partial charge on any atom is 0.269 e. The fourth-order valence-corrected chi connectivity index (χ4v) is 2.81. The molecule has 1 amide bonds. The van der Waals surface area contributed by atoms with Crippen molar-refractivity contribution in [1.29, 1.82) is 0 Å². The van der Waals surface area contributed by atoms with Crippen molar-refractivity contribution in [3.63, 3.8) is 0 Å². The first-order chi connectivity index (χ1) is 12.3. The molecule has 0 saturated heterocycles. The number of nitrogens with zero attached hydrogens (tertiary/aromatic N) is 2. The molecule has 2 aromatic rings. The molecule has 2 N–H and O–H groups in total. The Balaban J connectivity index is 0.00000364. The van der Waals surface area contributed by atoms with Crippen LogP contribution in [0.3, 0.4) is 0 Å². The number of nitro groups is 1. The molecule has 0 aromatic heterocycles. The highest BCUT2D eigenvalue weighted by Crippen LogP contribution is 2.23. The van der Waals surface area contributed by atoms with E-state index in [1.165, 1.54) is 12.1 Å². The van der Waals surface area contributed by atoms with E-state index < -0.39 is 4.92 Å². The number of non-ortho nitro benzene ring substituents is 1. The van der Waals surface area contributed by atoms with Crippen LogP contribution in [0.25, 0.3) is 0 Å². The number of hydrogen-bond donors (Lipinski definition) is 1. The maximum atomic E-state index is 13.0. The SMILES string of the molecule is CC(C(=O)N(Cc1ccc([N+](=O)[O-])cc1)C(C)C)C(N)c1ccccc1.Cl. The number of amides is 1. The average molecular weight is 392 g/mol. The third-order valence-electron chi connectivity index (χ3n) is 4.52. The van der Waals surface area contributed by atoms with Gasteiger partial charge in [0, 0.05) is 30.8 Å². The van der Waals surface area contributed by atoms with Crippen LogP contribution >= 0.6 is 12.4 Å². The Labute approximate surface area is 165 Å². The Bertz CT molecular complexity index is 751. The van der Waals surface area contributed by atoms with Crippen LogP contribution in [0.2, 0.25) is 0 Å². The van der Waals surface area contributed by atoms with Gasteiger partial charge in [0.2, 0.25) is 5.91 Å². The summed E-state index contributed by atoms with van der Waals surface area (Å²) in [5.74, 6) is -0.410. The predicted octanol–water partition coefficient (Wildman–Crippen LogP) is 4.09. The molecule has 2 aromatic carbocycles. The van der Waals surface area contributed by atoms with Crippen molar-refractivity contribution in [3.8, 4) is 0 Å². The van der Waals surface area contributed by atoms with Crippen LogP contribution in [-0.2, 0) is 11.3 Å². The average Bonchev–Trinajstić information content (AvgIpc) is 2.65. The van der Waals surface area contributed by atoms with Crippen LogP contribution in [0.15, 0.2) is 54.6 Å². The third-order valence-corrected chi connectivity index (χ3v) is 4.52. The standard InChI is InChI=1S/C20H25N3O3.ClH/c1-14(2)22(13-16-9-11-18(12-10-16)23(25)26)20(24)15(3)19(21)17-7-5-4-6-8-17;/h4-12,14-15,19H,13,21H2,1-3H3;1H. The van der Waals surface area contributed by atoms with Gasteiger partial charge in [-0.1, -0.05) is 49.4 Å². The maximum absolute atomic E-state index is 13.0. The molecule has 0 aliphatic rings. The lowest BCUT2D eigenvalue weighted by Crippen LogP contribution is -2.42. The number of carbonyl (C=O) groups is 1. The normalized spacial score (nSPS) is 12.8. The van der Waals surface area contributed by atoms with Crippen molar-refractivity contribution in [2.45, 2.75) is 39.4 Å². The predicted molar refractivity (Wildman–Crippen MR) is 109 cm³/mol. The summed E-state index contributed by atoms with van der Waals surface area (Å²) in [5, 5.41) is 10.8. The number of benzene rings is 2. The molecule has 0 saturated carbocycles. The van der Waals surface area contributed by atoms with Crippen LogP contribution in [0.5, 0.6) is 0 Å². The van der Waals surface area contributed by atoms with E-state index in [-0.39, 0.29) is 42.0 Å². The largest absolute Gasteiger partial charge is 0.336 e. The molecule has 7 heteroatoms. The van der Waals surface area contributed by atoms with Gasteiger partial charge in [-0.3, -0.25) is 14.9 Å². The first-order valence-corrected chi connectivity index (χ1v) is 8.65. The minimum Gasteiger partial charge on any atom is -0.336 e. The summed E-state index contributed by atoms with van der Waals surface area (Å²) in [6.45, 7) is 6.12. The number of halogens is 1. The highest BCUT2D eigenvalue weighted by molar-refractivity contribution is 5.85. The highest BCUT2D eigenvalue weighted by atomic mass is 35.5. The number of rotatable bonds is 7. The second-order valence-corrected chi connectivity index (χ2v) is 6.71. The van der Waals surface area contributed by atoms with E-state index in [0.717, 1.165) is 11.1 Å². The van der Waals surface area contributed by atoms with E-state index in [2.05, 4.69) is 0 Å². The van der Waals surface area contributed by atoms with Crippen LogP contribution in [0.1, 0.15) is 37.9 Å². The first kappa shape index (κ1) is 22.6. The summed E-state index contributed by atoms with van der Waals surface area (Å²) >= 11 is 0. The second-order valence-electron chi connectivity index (χ2n) is 6.71. The Morgan fingerprint density at radius 2 is 1.63 bits per heavy atom. The molecule has 2 unspecified atom stereocenters. The van der Waals surface area contributed by atoms with E-state index >= 15 is 0 Å². The summed E-state index contributed by atoms with van der Waals surface area (Å²) in [7, 11) is 0.